The van der Waals surface area contributed by atoms with E-state index in [1.54, 1.807) is 36.4 Å². The topological polar surface area (TPSA) is 125 Å². The predicted octanol–water partition coefficient (Wildman–Crippen LogP) is 3.96. The summed E-state index contributed by atoms with van der Waals surface area (Å²) in [5, 5.41) is 8.07. The smallest absolute Gasteiger partial charge is 0.266 e. The van der Waals surface area contributed by atoms with Crippen LogP contribution in [0.4, 0.5) is 22.7 Å². The van der Waals surface area contributed by atoms with E-state index in [1.807, 2.05) is 6.92 Å². The molecule has 3 aromatic rings. The van der Waals surface area contributed by atoms with E-state index in [1.165, 1.54) is 38.1 Å². The molecule has 0 saturated heterocycles. The van der Waals surface area contributed by atoms with Crippen LogP contribution in [-0.2, 0) is 9.59 Å². The third-order valence-electron chi connectivity index (χ3n) is 5.38. The number of amides is 5. The van der Waals surface area contributed by atoms with Crippen LogP contribution in [0.2, 0.25) is 0 Å². The summed E-state index contributed by atoms with van der Waals surface area (Å²) in [7, 11) is 0. The van der Waals surface area contributed by atoms with Crippen LogP contribution < -0.4 is 20.9 Å². The van der Waals surface area contributed by atoms with Crippen molar-refractivity contribution in [1.29, 1.82) is 0 Å². The van der Waals surface area contributed by atoms with Crippen LogP contribution in [0, 0.1) is 6.92 Å². The minimum Gasteiger partial charge on any atom is -0.326 e. The molecule has 9 nitrogen and oxygen atoms in total. The van der Waals surface area contributed by atoms with E-state index in [2.05, 4.69) is 16.0 Å². The molecule has 1 aliphatic heterocycles. The standard InChI is InChI=1S/C26H22N4O5/c1-14-7-9-19(13-23(14)28-16(3)32)29-24(33)17-8-10-21-22(11-17)26(35)30(25(21)34)20-6-4-5-18(12-20)27-15(2)31/h4-13H,1-3H3,(H,27,31)(H,28,32)(H,29,33). The maximum absolute atomic E-state index is 13.1. The molecule has 0 atom stereocenters. The molecule has 176 valence electrons. The van der Waals surface area contributed by atoms with Crippen molar-refractivity contribution in [2.75, 3.05) is 20.9 Å². The lowest BCUT2D eigenvalue weighted by Gasteiger charge is -2.15. The van der Waals surface area contributed by atoms with Crippen LogP contribution in [0.5, 0.6) is 0 Å². The number of hydrogen-bond donors (Lipinski definition) is 3. The molecule has 0 aromatic heterocycles. The number of fused-ring (bicyclic) bond motifs is 1. The molecule has 35 heavy (non-hydrogen) atoms. The van der Waals surface area contributed by atoms with Gasteiger partial charge in [0.1, 0.15) is 0 Å². The Morgan fingerprint density at radius 3 is 2.11 bits per heavy atom. The number of anilines is 4. The van der Waals surface area contributed by atoms with Gasteiger partial charge in [-0.3, -0.25) is 24.0 Å². The van der Waals surface area contributed by atoms with Crippen LogP contribution in [0.3, 0.4) is 0 Å². The van der Waals surface area contributed by atoms with Crippen molar-refractivity contribution in [2.24, 2.45) is 0 Å². The molecule has 0 radical (unpaired) electrons. The monoisotopic (exact) mass is 470 g/mol. The van der Waals surface area contributed by atoms with Crippen molar-refractivity contribution >= 4 is 52.3 Å². The first kappa shape index (κ1) is 23.4. The molecule has 9 heteroatoms. The van der Waals surface area contributed by atoms with Gasteiger partial charge in [0.05, 0.1) is 16.8 Å². The highest BCUT2D eigenvalue weighted by molar-refractivity contribution is 6.35. The second-order valence-electron chi connectivity index (χ2n) is 8.10. The summed E-state index contributed by atoms with van der Waals surface area (Å²) >= 11 is 0. The molecule has 0 fully saturated rings. The fourth-order valence-electron chi connectivity index (χ4n) is 3.77. The molecular formula is C26H22N4O5. The van der Waals surface area contributed by atoms with Crippen LogP contribution in [0.15, 0.2) is 60.7 Å². The molecule has 1 heterocycles. The van der Waals surface area contributed by atoms with Gasteiger partial charge in [-0.15, -0.1) is 0 Å². The number of carbonyl (C=O) groups is 5. The average molecular weight is 470 g/mol. The number of hydrogen-bond acceptors (Lipinski definition) is 5. The summed E-state index contributed by atoms with van der Waals surface area (Å²) in [6.07, 6.45) is 0. The van der Waals surface area contributed by atoms with Crippen LogP contribution in [-0.4, -0.2) is 29.5 Å². The SMILES string of the molecule is CC(=O)Nc1cccc(N2C(=O)c3ccc(C(=O)Nc4ccc(C)c(NC(C)=O)c4)cc3C2=O)c1. The number of aryl methyl sites for hydroxylation is 1. The van der Waals surface area contributed by atoms with E-state index in [9.17, 15) is 24.0 Å². The third-order valence-corrected chi connectivity index (χ3v) is 5.38. The Morgan fingerprint density at radius 2 is 1.40 bits per heavy atom. The number of benzene rings is 3. The highest BCUT2D eigenvalue weighted by atomic mass is 16.2. The lowest BCUT2D eigenvalue weighted by molar-refractivity contribution is -0.115. The first-order valence-electron chi connectivity index (χ1n) is 10.7. The molecule has 0 aliphatic carbocycles. The molecule has 0 saturated carbocycles. The number of carbonyl (C=O) groups excluding carboxylic acids is 5. The van der Waals surface area contributed by atoms with Gasteiger partial charge in [0.25, 0.3) is 17.7 Å². The Labute approximate surface area is 201 Å². The summed E-state index contributed by atoms with van der Waals surface area (Å²) in [5.74, 6) is -2.07. The van der Waals surface area contributed by atoms with E-state index in [0.717, 1.165) is 10.5 Å². The van der Waals surface area contributed by atoms with Gasteiger partial charge in [0, 0.05) is 36.5 Å². The second-order valence-corrected chi connectivity index (χ2v) is 8.10. The Balaban J connectivity index is 1.58. The number of rotatable bonds is 5. The van der Waals surface area contributed by atoms with E-state index < -0.39 is 17.7 Å². The zero-order chi connectivity index (χ0) is 25.3. The predicted molar refractivity (Wildman–Crippen MR) is 132 cm³/mol. The minimum atomic E-state index is -0.567. The molecule has 1 aliphatic rings. The fourth-order valence-corrected chi connectivity index (χ4v) is 3.77. The molecule has 0 unspecified atom stereocenters. The first-order chi connectivity index (χ1) is 16.6. The fraction of sp³-hybridized carbons (Fsp3) is 0.115. The van der Waals surface area contributed by atoms with Gasteiger partial charge in [-0.2, -0.15) is 0 Å². The van der Waals surface area contributed by atoms with Crippen molar-refractivity contribution in [3.63, 3.8) is 0 Å². The molecule has 3 N–H and O–H groups in total. The summed E-state index contributed by atoms with van der Waals surface area (Å²) in [5.41, 5.74) is 3.10. The van der Waals surface area contributed by atoms with Crippen molar-refractivity contribution in [3.05, 3.63) is 82.9 Å². The van der Waals surface area contributed by atoms with Crippen molar-refractivity contribution in [1.82, 2.24) is 0 Å². The Bertz CT molecular complexity index is 1410. The summed E-state index contributed by atoms with van der Waals surface area (Å²) < 4.78 is 0. The average Bonchev–Trinajstić information content (AvgIpc) is 3.05. The van der Waals surface area contributed by atoms with E-state index in [4.69, 9.17) is 0 Å². The Kier molecular flexibility index (Phi) is 6.16. The second kappa shape index (κ2) is 9.22. The van der Waals surface area contributed by atoms with Crippen LogP contribution in [0.25, 0.3) is 0 Å². The lowest BCUT2D eigenvalue weighted by atomic mass is 10.1. The number of nitrogens with one attached hydrogen (secondary N) is 3. The molecule has 4 rings (SSSR count). The molecule has 3 aromatic carbocycles. The minimum absolute atomic E-state index is 0.107. The maximum Gasteiger partial charge on any atom is 0.266 e. The molecule has 0 bridgehead atoms. The van der Waals surface area contributed by atoms with Gasteiger partial charge in [-0.25, -0.2) is 4.90 Å². The van der Waals surface area contributed by atoms with Gasteiger partial charge in [0.2, 0.25) is 11.8 Å². The number of nitrogens with zero attached hydrogens (tertiary/aromatic N) is 1. The van der Waals surface area contributed by atoms with Crippen LogP contribution >= 0.6 is 0 Å². The van der Waals surface area contributed by atoms with Gasteiger partial charge in [0.15, 0.2) is 0 Å². The first-order valence-corrected chi connectivity index (χ1v) is 10.7. The van der Waals surface area contributed by atoms with E-state index in [0.29, 0.717) is 22.7 Å². The maximum atomic E-state index is 13.1. The van der Waals surface area contributed by atoms with Crippen molar-refractivity contribution < 1.29 is 24.0 Å². The van der Waals surface area contributed by atoms with Gasteiger partial charge in [-0.05, 0) is 61.0 Å². The van der Waals surface area contributed by atoms with Gasteiger partial charge >= 0.3 is 0 Å². The quantitative estimate of drug-likeness (QED) is 0.487. The summed E-state index contributed by atoms with van der Waals surface area (Å²) in [6.45, 7) is 4.59. The van der Waals surface area contributed by atoms with Crippen LogP contribution in [0.1, 0.15) is 50.5 Å². The Hall–Kier alpha value is -4.79. The van der Waals surface area contributed by atoms with Crippen molar-refractivity contribution in [2.45, 2.75) is 20.8 Å². The van der Waals surface area contributed by atoms with Gasteiger partial charge < -0.3 is 16.0 Å². The van der Waals surface area contributed by atoms with E-state index in [-0.39, 0.29) is 28.5 Å². The Morgan fingerprint density at radius 1 is 0.714 bits per heavy atom. The zero-order valence-electron chi connectivity index (χ0n) is 19.3. The molecule has 0 spiro atoms. The summed E-state index contributed by atoms with van der Waals surface area (Å²) in [4.78, 5) is 62.7. The lowest BCUT2D eigenvalue weighted by Crippen LogP contribution is -2.29. The highest BCUT2D eigenvalue weighted by Crippen LogP contribution is 2.31. The molecular weight excluding hydrogens is 448 g/mol. The van der Waals surface area contributed by atoms with Gasteiger partial charge in [-0.1, -0.05) is 12.1 Å². The molecule has 5 amide bonds. The zero-order valence-corrected chi connectivity index (χ0v) is 19.3. The third kappa shape index (κ3) is 4.79. The van der Waals surface area contributed by atoms with Crippen molar-refractivity contribution in [3.8, 4) is 0 Å². The largest absolute Gasteiger partial charge is 0.326 e. The summed E-state index contributed by atoms with van der Waals surface area (Å²) in [6, 6.07) is 15.8. The highest BCUT2D eigenvalue weighted by Gasteiger charge is 2.37. The normalized spacial score (nSPS) is 12.3. The van der Waals surface area contributed by atoms with E-state index >= 15 is 0 Å². The number of imide groups is 1.